The SMILES string of the molecule is CC[Si](CC)(CC)O[C@H](C)[C@H]1C(=O)N[C@@H]1CCCC(N)=O. The maximum atomic E-state index is 11.9. The van der Waals surface area contributed by atoms with Crippen LogP contribution in [0.1, 0.15) is 47.0 Å². The van der Waals surface area contributed by atoms with Gasteiger partial charge in [-0.05, 0) is 37.9 Å². The third-order valence-electron chi connectivity index (χ3n) is 4.88. The van der Waals surface area contributed by atoms with Crippen molar-refractivity contribution in [2.75, 3.05) is 0 Å². The van der Waals surface area contributed by atoms with Crippen LogP contribution in [0.5, 0.6) is 0 Å². The van der Waals surface area contributed by atoms with Gasteiger partial charge in [-0.3, -0.25) is 9.59 Å². The minimum absolute atomic E-state index is 0.0381. The van der Waals surface area contributed by atoms with E-state index in [1.807, 2.05) is 6.92 Å². The van der Waals surface area contributed by atoms with Crippen LogP contribution in [0.3, 0.4) is 0 Å². The second kappa shape index (κ2) is 7.94. The fourth-order valence-corrected chi connectivity index (χ4v) is 6.15. The van der Waals surface area contributed by atoms with Crippen LogP contribution in [-0.2, 0) is 14.0 Å². The fourth-order valence-electron chi connectivity index (χ4n) is 3.21. The molecule has 0 aromatic rings. The van der Waals surface area contributed by atoms with Crippen molar-refractivity contribution in [3.8, 4) is 0 Å². The summed E-state index contributed by atoms with van der Waals surface area (Å²) >= 11 is 0. The maximum Gasteiger partial charge on any atom is 0.227 e. The molecule has 122 valence electrons. The average Bonchev–Trinajstić information content (AvgIpc) is 2.43. The molecule has 21 heavy (non-hydrogen) atoms. The lowest BCUT2D eigenvalue weighted by Crippen LogP contribution is -2.63. The van der Waals surface area contributed by atoms with Gasteiger partial charge in [0.05, 0.1) is 12.0 Å². The second-order valence-electron chi connectivity index (χ2n) is 6.07. The van der Waals surface area contributed by atoms with E-state index in [-0.39, 0.29) is 29.9 Å². The summed E-state index contributed by atoms with van der Waals surface area (Å²) in [6.07, 6.45) is 1.86. The Kier molecular flexibility index (Phi) is 6.87. The zero-order valence-electron chi connectivity index (χ0n) is 13.8. The van der Waals surface area contributed by atoms with Gasteiger partial charge in [0.15, 0.2) is 8.32 Å². The number of nitrogens with one attached hydrogen (secondary N) is 1. The first-order valence-electron chi connectivity index (χ1n) is 8.15. The highest BCUT2D eigenvalue weighted by Crippen LogP contribution is 2.31. The van der Waals surface area contributed by atoms with Gasteiger partial charge >= 0.3 is 0 Å². The minimum atomic E-state index is -1.69. The van der Waals surface area contributed by atoms with Gasteiger partial charge in [0.25, 0.3) is 0 Å². The Morgan fingerprint density at radius 2 is 1.90 bits per heavy atom. The molecular formula is C15H30N2O3Si. The molecule has 1 rings (SSSR count). The zero-order chi connectivity index (χ0) is 16.0. The fraction of sp³-hybridized carbons (Fsp3) is 0.867. The molecule has 0 aliphatic carbocycles. The lowest BCUT2D eigenvalue weighted by Gasteiger charge is -2.43. The van der Waals surface area contributed by atoms with Crippen molar-refractivity contribution < 1.29 is 14.0 Å². The number of rotatable bonds is 10. The first kappa shape index (κ1) is 18.2. The number of hydrogen-bond donors (Lipinski definition) is 2. The third kappa shape index (κ3) is 4.54. The smallest absolute Gasteiger partial charge is 0.227 e. The number of amides is 2. The average molecular weight is 315 g/mol. The molecule has 0 radical (unpaired) electrons. The number of hydrogen-bond acceptors (Lipinski definition) is 3. The van der Waals surface area contributed by atoms with Gasteiger partial charge in [0.2, 0.25) is 11.8 Å². The normalized spacial score (nSPS) is 23.3. The summed E-state index contributed by atoms with van der Waals surface area (Å²) in [6.45, 7) is 8.60. The molecule has 0 saturated carbocycles. The molecule has 1 saturated heterocycles. The number of primary amides is 1. The van der Waals surface area contributed by atoms with Gasteiger partial charge in [-0.25, -0.2) is 0 Å². The molecule has 1 aliphatic heterocycles. The van der Waals surface area contributed by atoms with E-state index >= 15 is 0 Å². The molecule has 3 atom stereocenters. The molecule has 1 heterocycles. The maximum absolute atomic E-state index is 11.9. The summed E-state index contributed by atoms with van der Waals surface area (Å²) in [7, 11) is -1.69. The standard InChI is InChI=1S/C15H30N2O3Si/c1-5-21(6-2,7-3)20-11(4)14-12(17-15(14)19)9-8-10-13(16)18/h11-12,14H,5-10H2,1-4H3,(H2,16,18)(H,17,19)/t11-,12-,14-/m1/s1. The first-order valence-corrected chi connectivity index (χ1v) is 10.7. The van der Waals surface area contributed by atoms with Crippen molar-refractivity contribution in [2.45, 2.75) is 77.2 Å². The Bertz CT molecular complexity index is 364. The molecule has 0 unspecified atom stereocenters. The third-order valence-corrected chi connectivity index (χ3v) is 9.61. The molecule has 0 aromatic heterocycles. The van der Waals surface area contributed by atoms with Gasteiger partial charge in [-0.15, -0.1) is 0 Å². The van der Waals surface area contributed by atoms with Crippen molar-refractivity contribution in [2.24, 2.45) is 11.7 Å². The Morgan fingerprint density at radius 3 is 2.33 bits per heavy atom. The Hall–Kier alpha value is -0.883. The van der Waals surface area contributed by atoms with Gasteiger partial charge in [0, 0.05) is 12.5 Å². The second-order valence-corrected chi connectivity index (χ2v) is 10.8. The van der Waals surface area contributed by atoms with Crippen molar-refractivity contribution >= 4 is 20.1 Å². The number of nitrogens with two attached hydrogens (primary N) is 1. The molecule has 6 heteroatoms. The topological polar surface area (TPSA) is 81.4 Å². The zero-order valence-corrected chi connectivity index (χ0v) is 14.8. The minimum Gasteiger partial charge on any atom is -0.413 e. The van der Waals surface area contributed by atoms with Gasteiger partial charge < -0.3 is 15.5 Å². The van der Waals surface area contributed by atoms with Gasteiger partial charge in [-0.1, -0.05) is 20.8 Å². The van der Waals surface area contributed by atoms with E-state index in [1.165, 1.54) is 0 Å². The van der Waals surface area contributed by atoms with E-state index in [2.05, 4.69) is 26.1 Å². The van der Waals surface area contributed by atoms with E-state index in [1.54, 1.807) is 0 Å². The molecular weight excluding hydrogens is 284 g/mol. The largest absolute Gasteiger partial charge is 0.413 e. The van der Waals surface area contributed by atoms with Crippen molar-refractivity contribution in [3.05, 3.63) is 0 Å². The van der Waals surface area contributed by atoms with Crippen LogP contribution in [0, 0.1) is 5.92 Å². The number of β-lactam (4-membered cyclic amide) rings is 1. The predicted molar refractivity (Wildman–Crippen MR) is 86.2 cm³/mol. The van der Waals surface area contributed by atoms with Crippen molar-refractivity contribution in [1.29, 1.82) is 0 Å². The monoisotopic (exact) mass is 314 g/mol. The first-order chi connectivity index (χ1) is 9.89. The van der Waals surface area contributed by atoms with Gasteiger partial charge in [0.1, 0.15) is 0 Å². The van der Waals surface area contributed by atoms with Crippen LogP contribution in [0.15, 0.2) is 0 Å². The quantitative estimate of drug-likeness (QED) is 0.479. The van der Waals surface area contributed by atoms with Crippen molar-refractivity contribution in [1.82, 2.24) is 5.32 Å². The highest BCUT2D eigenvalue weighted by Gasteiger charge is 2.45. The van der Waals surface area contributed by atoms with Gasteiger partial charge in [-0.2, -0.15) is 0 Å². The molecule has 2 amide bonds. The van der Waals surface area contributed by atoms with Crippen LogP contribution in [0.25, 0.3) is 0 Å². The molecule has 0 aromatic carbocycles. The number of carbonyl (C=O) groups excluding carboxylic acids is 2. The van der Waals surface area contributed by atoms with Crippen LogP contribution in [-0.4, -0.2) is 32.3 Å². The summed E-state index contributed by atoms with van der Waals surface area (Å²) in [5, 5.41) is 2.93. The van der Waals surface area contributed by atoms with Crippen LogP contribution >= 0.6 is 0 Å². The summed E-state index contributed by atoms with van der Waals surface area (Å²) in [5.41, 5.74) is 5.15. The Balaban J connectivity index is 2.56. The van der Waals surface area contributed by atoms with Crippen LogP contribution < -0.4 is 11.1 Å². The summed E-state index contributed by atoms with van der Waals surface area (Å²) in [4.78, 5) is 22.6. The lowest BCUT2D eigenvalue weighted by molar-refractivity contribution is -0.140. The lowest BCUT2D eigenvalue weighted by atomic mass is 9.83. The van der Waals surface area contributed by atoms with E-state index in [9.17, 15) is 9.59 Å². The summed E-state index contributed by atoms with van der Waals surface area (Å²) < 4.78 is 6.40. The molecule has 1 fully saturated rings. The molecule has 1 aliphatic rings. The molecule has 3 N–H and O–H groups in total. The highest BCUT2D eigenvalue weighted by atomic mass is 28.4. The summed E-state index contributed by atoms with van der Waals surface area (Å²) in [6, 6.07) is 3.39. The summed E-state index contributed by atoms with van der Waals surface area (Å²) in [5.74, 6) is -0.275. The van der Waals surface area contributed by atoms with Crippen molar-refractivity contribution in [3.63, 3.8) is 0 Å². The number of carbonyl (C=O) groups is 2. The van der Waals surface area contributed by atoms with E-state index in [4.69, 9.17) is 10.2 Å². The highest BCUT2D eigenvalue weighted by molar-refractivity contribution is 6.73. The Morgan fingerprint density at radius 1 is 1.33 bits per heavy atom. The molecule has 0 spiro atoms. The molecule has 5 nitrogen and oxygen atoms in total. The Labute approximate surface area is 129 Å². The van der Waals surface area contributed by atoms with E-state index < -0.39 is 8.32 Å². The van der Waals surface area contributed by atoms with E-state index in [0.29, 0.717) is 6.42 Å². The molecule has 0 bridgehead atoms. The van der Waals surface area contributed by atoms with Crippen LogP contribution in [0.4, 0.5) is 0 Å². The van der Waals surface area contributed by atoms with Crippen LogP contribution in [0.2, 0.25) is 18.1 Å². The predicted octanol–water partition coefficient (Wildman–Crippen LogP) is 2.17. The van der Waals surface area contributed by atoms with E-state index in [0.717, 1.165) is 31.0 Å².